The van der Waals surface area contributed by atoms with Gasteiger partial charge in [-0.3, -0.25) is 15.2 Å². The molecule has 0 saturated carbocycles. The topological polar surface area (TPSA) is 57.6 Å². The maximum Gasteiger partial charge on any atom is 0.277 e. The number of rotatable bonds is 2. The Morgan fingerprint density at radius 1 is 1.00 bits per heavy atom. The second-order valence-corrected chi connectivity index (χ2v) is 5.89. The minimum atomic E-state index is -0.201. The Hall–Kier alpha value is -2.89. The molecular weight excluding hydrogens is 371 g/mol. The normalized spacial score (nSPS) is 12.3. The quantitative estimate of drug-likeness (QED) is 0.712. The predicted molar refractivity (Wildman–Crippen MR) is 106 cm³/mol. The second-order valence-electron chi connectivity index (χ2n) is 5.45. The Morgan fingerprint density at radius 3 is 2.46 bits per heavy atom. The third-order valence-electron chi connectivity index (χ3n) is 3.81. The lowest BCUT2D eigenvalue weighted by Crippen LogP contribution is -2.48. The number of nitrogens with one attached hydrogen (secondary N) is 1. The van der Waals surface area contributed by atoms with Gasteiger partial charge in [0.15, 0.2) is 5.84 Å². The van der Waals surface area contributed by atoms with Crippen LogP contribution in [0.1, 0.15) is 15.9 Å². The highest BCUT2D eigenvalue weighted by molar-refractivity contribution is 6.30. The van der Waals surface area contributed by atoms with Gasteiger partial charge < -0.3 is 0 Å². The molecule has 0 fully saturated rings. The molecule has 7 heteroatoms. The predicted octanol–water partition coefficient (Wildman–Crippen LogP) is 4.40. The fraction of sp³-hybridized carbons (Fsp3) is 0. The number of pyridine rings is 1. The van der Waals surface area contributed by atoms with Gasteiger partial charge in [-0.2, -0.15) is 0 Å². The van der Waals surface area contributed by atoms with Crippen LogP contribution >= 0.6 is 24.0 Å². The molecule has 1 aliphatic heterocycles. The van der Waals surface area contributed by atoms with Crippen LogP contribution in [0.4, 0.5) is 11.4 Å². The Kier molecular flexibility index (Phi) is 5.21. The zero-order valence-electron chi connectivity index (χ0n) is 13.5. The highest BCUT2D eigenvalue weighted by Gasteiger charge is 2.26. The summed E-state index contributed by atoms with van der Waals surface area (Å²) in [5.74, 6) is 0.385. The highest BCUT2D eigenvalue weighted by Crippen LogP contribution is 2.31. The van der Waals surface area contributed by atoms with Crippen molar-refractivity contribution in [1.29, 1.82) is 0 Å². The largest absolute Gasteiger partial charge is 0.277 e. The number of nitrogens with zero attached hydrogens (tertiary/aromatic N) is 3. The zero-order valence-corrected chi connectivity index (χ0v) is 15.0. The number of hydrogen-bond donors (Lipinski definition) is 1. The van der Waals surface area contributed by atoms with E-state index >= 15 is 0 Å². The van der Waals surface area contributed by atoms with Crippen molar-refractivity contribution in [2.75, 3.05) is 5.01 Å². The summed E-state index contributed by atoms with van der Waals surface area (Å²) in [5, 5.41) is 2.06. The van der Waals surface area contributed by atoms with E-state index in [1.165, 1.54) is 5.01 Å². The third-order valence-corrected chi connectivity index (χ3v) is 4.06. The minimum Gasteiger partial charge on any atom is -0.274 e. The molecule has 1 aliphatic rings. The van der Waals surface area contributed by atoms with Crippen LogP contribution in [0.3, 0.4) is 0 Å². The number of aliphatic imine (C=N–C) groups is 1. The molecule has 4 rings (SSSR count). The van der Waals surface area contributed by atoms with Crippen LogP contribution < -0.4 is 10.4 Å². The van der Waals surface area contributed by atoms with Gasteiger partial charge >= 0.3 is 0 Å². The second kappa shape index (κ2) is 7.56. The summed E-state index contributed by atoms with van der Waals surface area (Å²) in [4.78, 5) is 21.7. The molecule has 0 bridgehead atoms. The van der Waals surface area contributed by atoms with Crippen LogP contribution in [0.15, 0.2) is 78.0 Å². The van der Waals surface area contributed by atoms with E-state index in [4.69, 9.17) is 11.6 Å². The number of aromatic nitrogens is 1. The lowest BCUT2D eigenvalue weighted by Gasteiger charge is -2.29. The van der Waals surface area contributed by atoms with Gasteiger partial charge in [-0.25, -0.2) is 10.0 Å². The molecule has 0 aliphatic carbocycles. The average molecular weight is 385 g/mol. The Labute approximate surface area is 161 Å². The van der Waals surface area contributed by atoms with E-state index in [0.717, 1.165) is 5.56 Å². The maximum absolute atomic E-state index is 13.0. The van der Waals surface area contributed by atoms with Crippen molar-refractivity contribution in [1.82, 2.24) is 10.4 Å². The van der Waals surface area contributed by atoms with Crippen molar-refractivity contribution in [3.8, 4) is 0 Å². The van der Waals surface area contributed by atoms with Crippen LogP contribution in [0, 0.1) is 0 Å². The molecular formula is C19H14Cl2N4O. The number of fused-ring (bicyclic) bond motifs is 1. The van der Waals surface area contributed by atoms with Crippen molar-refractivity contribution >= 4 is 47.1 Å². The van der Waals surface area contributed by atoms with Crippen molar-refractivity contribution in [3.63, 3.8) is 0 Å². The van der Waals surface area contributed by atoms with Crippen LogP contribution in [0.2, 0.25) is 5.02 Å². The van der Waals surface area contributed by atoms with E-state index < -0.39 is 0 Å². The lowest BCUT2D eigenvalue weighted by molar-refractivity contribution is 0.0980. The number of carbonyl (C=O) groups excluding carboxylic acids is 1. The molecule has 2 heterocycles. The first kappa shape index (κ1) is 17.9. The van der Waals surface area contributed by atoms with Crippen molar-refractivity contribution in [2.24, 2.45) is 4.99 Å². The molecule has 1 N–H and O–H groups in total. The molecule has 0 radical (unpaired) electrons. The van der Waals surface area contributed by atoms with Crippen LogP contribution in [0.5, 0.6) is 0 Å². The fourth-order valence-electron chi connectivity index (χ4n) is 2.57. The van der Waals surface area contributed by atoms with E-state index in [9.17, 15) is 4.79 Å². The number of amidine groups is 1. The molecule has 0 unspecified atom stereocenters. The number of hydrazine groups is 1. The Balaban J connectivity index is 0.00000196. The molecule has 26 heavy (non-hydrogen) atoms. The van der Waals surface area contributed by atoms with Gasteiger partial charge in [0.05, 0.1) is 11.9 Å². The van der Waals surface area contributed by atoms with Crippen molar-refractivity contribution in [2.45, 2.75) is 0 Å². The van der Waals surface area contributed by atoms with Gasteiger partial charge in [0, 0.05) is 22.3 Å². The van der Waals surface area contributed by atoms with Crippen molar-refractivity contribution in [3.05, 3.63) is 89.2 Å². The molecule has 130 valence electrons. The van der Waals surface area contributed by atoms with Gasteiger partial charge in [0.1, 0.15) is 5.69 Å². The number of hydrogen-bond acceptors (Lipinski definition) is 4. The zero-order chi connectivity index (χ0) is 17.2. The number of benzene rings is 2. The van der Waals surface area contributed by atoms with E-state index in [-0.39, 0.29) is 18.3 Å². The summed E-state index contributed by atoms with van der Waals surface area (Å²) < 4.78 is 0. The average Bonchev–Trinajstić information content (AvgIpc) is 2.68. The maximum atomic E-state index is 13.0. The molecule has 5 nitrogen and oxygen atoms in total. The summed E-state index contributed by atoms with van der Waals surface area (Å²) in [6.45, 7) is 0. The summed E-state index contributed by atoms with van der Waals surface area (Å²) in [6.07, 6.45) is 3.27. The van der Waals surface area contributed by atoms with Gasteiger partial charge in [-0.1, -0.05) is 41.9 Å². The summed E-state index contributed by atoms with van der Waals surface area (Å²) in [5.41, 5.74) is 5.79. The number of carbonyl (C=O) groups is 1. The molecule has 3 aromatic rings. The Morgan fingerprint density at radius 2 is 1.73 bits per heavy atom. The van der Waals surface area contributed by atoms with Gasteiger partial charge in [0.2, 0.25) is 0 Å². The summed E-state index contributed by atoms with van der Waals surface area (Å²) >= 11 is 5.92. The fourth-order valence-corrected chi connectivity index (χ4v) is 2.70. The van der Waals surface area contributed by atoms with E-state index in [1.807, 2.05) is 30.3 Å². The smallest absolute Gasteiger partial charge is 0.274 e. The number of amides is 1. The van der Waals surface area contributed by atoms with E-state index in [2.05, 4.69) is 15.4 Å². The third kappa shape index (κ3) is 3.40. The van der Waals surface area contributed by atoms with E-state index in [0.29, 0.717) is 27.8 Å². The molecule has 0 atom stereocenters. The molecule has 1 amide bonds. The van der Waals surface area contributed by atoms with E-state index in [1.54, 1.807) is 42.7 Å². The standard InChI is InChI=1S/C19H13ClN4O.ClH/c20-15-8-6-14(7-9-15)19(25)24-17-10-11-21-12-16(17)22-18(23-24)13-4-2-1-3-5-13;/h1-12H,(H,22,23);1H. The van der Waals surface area contributed by atoms with Gasteiger partial charge in [-0.05, 0) is 30.3 Å². The molecule has 2 aromatic carbocycles. The molecule has 0 spiro atoms. The van der Waals surface area contributed by atoms with Crippen molar-refractivity contribution < 1.29 is 4.79 Å². The van der Waals surface area contributed by atoms with Gasteiger partial charge in [-0.15, -0.1) is 12.4 Å². The highest BCUT2D eigenvalue weighted by atomic mass is 35.5. The Bertz CT molecular complexity index is 959. The minimum absolute atomic E-state index is 0. The first-order chi connectivity index (χ1) is 12.2. The number of halogens is 2. The van der Waals surface area contributed by atoms with Crippen LogP contribution in [-0.2, 0) is 0 Å². The summed E-state index contributed by atoms with van der Waals surface area (Å²) in [7, 11) is 0. The molecule has 0 saturated heterocycles. The summed E-state index contributed by atoms with van der Waals surface area (Å²) in [6, 6.07) is 18.2. The number of anilines is 1. The van der Waals surface area contributed by atoms with Crippen LogP contribution in [-0.4, -0.2) is 16.7 Å². The first-order valence-electron chi connectivity index (χ1n) is 7.67. The first-order valence-corrected chi connectivity index (χ1v) is 8.05. The monoisotopic (exact) mass is 384 g/mol. The van der Waals surface area contributed by atoms with Gasteiger partial charge in [0.25, 0.3) is 5.91 Å². The van der Waals surface area contributed by atoms with Crippen LogP contribution in [0.25, 0.3) is 0 Å². The molecule has 1 aromatic heterocycles. The lowest BCUT2D eigenvalue weighted by atomic mass is 10.1. The SMILES string of the molecule is Cl.O=C(c1ccc(Cl)cc1)N1NC(c2ccccc2)=Nc2cnccc21.